The van der Waals surface area contributed by atoms with Crippen LogP contribution < -0.4 is 10.1 Å². The lowest BCUT2D eigenvalue weighted by Gasteiger charge is -2.10. The lowest BCUT2D eigenvalue weighted by molar-refractivity contribution is 0.300. The number of nitrogens with one attached hydrogen (secondary N) is 1. The second kappa shape index (κ2) is 5.64. The second-order valence-electron chi connectivity index (χ2n) is 4.24. The highest BCUT2D eigenvalue weighted by Gasteiger charge is 2.06. The topological polar surface area (TPSA) is 52.0 Å². The van der Waals surface area contributed by atoms with Crippen LogP contribution in [0.2, 0.25) is 0 Å². The van der Waals surface area contributed by atoms with Gasteiger partial charge in [-0.2, -0.15) is 5.10 Å². The van der Waals surface area contributed by atoms with E-state index in [9.17, 15) is 0 Å². The number of pyridine rings is 1. The Morgan fingerprint density at radius 3 is 2.89 bits per heavy atom. The molecule has 5 nitrogen and oxygen atoms in total. The van der Waals surface area contributed by atoms with Gasteiger partial charge >= 0.3 is 0 Å². The van der Waals surface area contributed by atoms with Gasteiger partial charge in [0.05, 0.1) is 11.9 Å². The Hall–Kier alpha value is -1.88. The molecule has 0 aliphatic heterocycles. The van der Waals surface area contributed by atoms with Gasteiger partial charge in [0, 0.05) is 31.0 Å². The van der Waals surface area contributed by atoms with E-state index < -0.39 is 0 Å². The molecule has 0 spiro atoms. The Bertz CT molecular complexity index is 521. The Labute approximate surface area is 107 Å². The van der Waals surface area contributed by atoms with E-state index in [-0.39, 0.29) is 0 Å². The minimum absolute atomic E-state index is 0.509. The van der Waals surface area contributed by atoms with Gasteiger partial charge in [0.1, 0.15) is 12.4 Å². The SMILES string of the molecule is CNCc1nc(C)ccc1OCc1cnn(C)c1. The fourth-order valence-electron chi connectivity index (χ4n) is 1.73. The summed E-state index contributed by atoms with van der Waals surface area (Å²) in [5.74, 6) is 0.818. The van der Waals surface area contributed by atoms with Crippen molar-refractivity contribution in [3.05, 3.63) is 41.5 Å². The number of hydrogen-bond acceptors (Lipinski definition) is 4. The van der Waals surface area contributed by atoms with Gasteiger partial charge in [-0.15, -0.1) is 0 Å². The first-order valence-electron chi connectivity index (χ1n) is 5.90. The van der Waals surface area contributed by atoms with Crippen LogP contribution in [0.5, 0.6) is 5.75 Å². The van der Waals surface area contributed by atoms with Crippen LogP contribution in [-0.4, -0.2) is 21.8 Å². The highest BCUT2D eigenvalue weighted by Crippen LogP contribution is 2.18. The van der Waals surface area contributed by atoms with E-state index in [1.807, 2.05) is 39.3 Å². The third-order valence-electron chi connectivity index (χ3n) is 2.57. The standard InChI is InChI=1S/C13H18N4O/c1-10-4-5-13(12(16-10)7-14-2)18-9-11-6-15-17(3)8-11/h4-6,8,14H,7,9H2,1-3H3. The van der Waals surface area contributed by atoms with Crippen LogP contribution in [0.3, 0.4) is 0 Å². The van der Waals surface area contributed by atoms with Crippen molar-refractivity contribution in [2.75, 3.05) is 7.05 Å². The van der Waals surface area contributed by atoms with E-state index in [1.54, 1.807) is 10.9 Å². The maximum atomic E-state index is 5.79. The molecule has 2 rings (SSSR count). The first-order valence-corrected chi connectivity index (χ1v) is 5.90. The van der Waals surface area contributed by atoms with E-state index in [4.69, 9.17) is 4.74 Å². The average Bonchev–Trinajstić information content (AvgIpc) is 2.75. The smallest absolute Gasteiger partial charge is 0.142 e. The third-order valence-corrected chi connectivity index (χ3v) is 2.57. The van der Waals surface area contributed by atoms with Crippen LogP contribution in [0, 0.1) is 6.92 Å². The van der Waals surface area contributed by atoms with Crippen LogP contribution in [-0.2, 0) is 20.2 Å². The molecule has 0 aromatic carbocycles. The van der Waals surface area contributed by atoms with Gasteiger partial charge in [0.15, 0.2) is 0 Å². The zero-order valence-electron chi connectivity index (χ0n) is 11.0. The van der Waals surface area contributed by atoms with Crippen molar-refractivity contribution >= 4 is 0 Å². The molecule has 0 aliphatic carbocycles. The Morgan fingerprint density at radius 1 is 1.39 bits per heavy atom. The summed E-state index contributed by atoms with van der Waals surface area (Å²) in [6, 6.07) is 3.92. The van der Waals surface area contributed by atoms with Crippen LogP contribution >= 0.6 is 0 Å². The molecule has 5 heteroatoms. The molecule has 1 N–H and O–H groups in total. The zero-order valence-corrected chi connectivity index (χ0v) is 11.0. The van der Waals surface area contributed by atoms with Gasteiger partial charge in [-0.3, -0.25) is 9.67 Å². The number of rotatable bonds is 5. The molecule has 0 atom stereocenters. The molecule has 2 aromatic heterocycles. The monoisotopic (exact) mass is 246 g/mol. The summed E-state index contributed by atoms with van der Waals surface area (Å²) in [6.07, 6.45) is 3.75. The van der Waals surface area contributed by atoms with Crippen molar-refractivity contribution in [1.29, 1.82) is 0 Å². The Morgan fingerprint density at radius 2 is 2.22 bits per heavy atom. The fraction of sp³-hybridized carbons (Fsp3) is 0.385. The highest BCUT2D eigenvalue weighted by molar-refractivity contribution is 5.29. The fourth-order valence-corrected chi connectivity index (χ4v) is 1.73. The van der Waals surface area contributed by atoms with Gasteiger partial charge < -0.3 is 10.1 Å². The number of hydrogen-bond donors (Lipinski definition) is 1. The van der Waals surface area contributed by atoms with Gasteiger partial charge in [-0.25, -0.2) is 0 Å². The molecule has 2 heterocycles. The Balaban J connectivity index is 2.08. The van der Waals surface area contributed by atoms with Gasteiger partial charge in [-0.05, 0) is 26.1 Å². The molecule has 96 valence electrons. The minimum Gasteiger partial charge on any atom is -0.487 e. The van der Waals surface area contributed by atoms with Gasteiger partial charge in [0.2, 0.25) is 0 Å². The summed E-state index contributed by atoms with van der Waals surface area (Å²) in [5, 5.41) is 7.21. The number of ether oxygens (including phenoxy) is 1. The minimum atomic E-state index is 0.509. The van der Waals surface area contributed by atoms with Crippen molar-refractivity contribution in [3.63, 3.8) is 0 Å². The summed E-state index contributed by atoms with van der Waals surface area (Å²) < 4.78 is 7.55. The van der Waals surface area contributed by atoms with E-state index in [1.165, 1.54) is 0 Å². The molecule has 0 unspecified atom stereocenters. The first-order chi connectivity index (χ1) is 8.69. The second-order valence-corrected chi connectivity index (χ2v) is 4.24. The summed E-state index contributed by atoms with van der Waals surface area (Å²) >= 11 is 0. The maximum Gasteiger partial charge on any atom is 0.142 e. The Kier molecular flexibility index (Phi) is 3.94. The number of aromatic nitrogens is 3. The van der Waals surface area contributed by atoms with Crippen LogP contribution in [0.4, 0.5) is 0 Å². The molecular formula is C13H18N4O. The molecule has 2 aromatic rings. The average molecular weight is 246 g/mol. The van der Waals surface area contributed by atoms with Crippen molar-refractivity contribution in [2.45, 2.75) is 20.1 Å². The summed E-state index contributed by atoms with van der Waals surface area (Å²) in [5.41, 5.74) is 2.98. The van der Waals surface area contributed by atoms with Crippen LogP contribution in [0.25, 0.3) is 0 Å². The predicted octanol–water partition coefficient (Wildman–Crippen LogP) is 1.42. The van der Waals surface area contributed by atoms with Crippen molar-refractivity contribution < 1.29 is 4.74 Å². The predicted molar refractivity (Wildman–Crippen MR) is 69.3 cm³/mol. The van der Waals surface area contributed by atoms with Crippen LogP contribution in [0.1, 0.15) is 17.0 Å². The molecule has 0 radical (unpaired) electrons. The van der Waals surface area contributed by atoms with Crippen molar-refractivity contribution in [3.8, 4) is 5.75 Å². The molecule has 0 saturated carbocycles. The van der Waals surface area contributed by atoms with E-state index in [0.29, 0.717) is 13.2 Å². The molecule has 0 aliphatic rings. The lowest BCUT2D eigenvalue weighted by atomic mass is 10.3. The van der Waals surface area contributed by atoms with Gasteiger partial charge in [-0.1, -0.05) is 0 Å². The summed E-state index contributed by atoms with van der Waals surface area (Å²) in [4.78, 5) is 4.47. The molecule has 0 fully saturated rings. The quantitative estimate of drug-likeness (QED) is 0.867. The summed E-state index contributed by atoms with van der Waals surface area (Å²) in [7, 11) is 3.79. The number of aryl methyl sites for hydroxylation is 2. The van der Waals surface area contributed by atoms with E-state index >= 15 is 0 Å². The van der Waals surface area contributed by atoms with Crippen molar-refractivity contribution in [2.24, 2.45) is 7.05 Å². The van der Waals surface area contributed by atoms with Crippen molar-refractivity contribution in [1.82, 2.24) is 20.1 Å². The van der Waals surface area contributed by atoms with E-state index in [2.05, 4.69) is 15.4 Å². The lowest BCUT2D eigenvalue weighted by Crippen LogP contribution is -2.10. The van der Waals surface area contributed by atoms with Gasteiger partial charge in [0.25, 0.3) is 0 Å². The third kappa shape index (κ3) is 3.07. The summed E-state index contributed by atoms with van der Waals surface area (Å²) in [6.45, 7) is 3.18. The normalized spacial score (nSPS) is 10.6. The molecule has 0 bridgehead atoms. The molecule has 18 heavy (non-hydrogen) atoms. The van der Waals surface area contributed by atoms with Crippen LogP contribution in [0.15, 0.2) is 24.5 Å². The molecular weight excluding hydrogens is 228 g/mol. The largest absolute Gasteiger partial charge is 0.487 e. The first kappa shape index (κ1) is 12.6. The maximum absolute atomic E-state index is 5.79. The zero-order chi connectivity index (χ0) is 13.0. The van der Waals surface area contributed by atoms with E-state index in [0.717, 1.165) is 22.7 Å². The molecule has 0 saturated heterocycles. The molecule has 0 amide bonds. The highest BCUT2D eigenvalue weighted by atomic mass is 16.5. The number of nitrogens with zero attached hydrogens (tertiary/aromatic N) is 3.